The highest BCUT2D eigenvalue weighted by atomic mass is 16.6. The molecular weight excluding hydrogens is 582 g/mol. The van der Waals surface area contributed by atoms with E-state index in [1.54, 1.807) is 21.1 Å². The lowest BCUT2D eigenvalue weighted by Gasteiger charge is -2.34. The molecule has 0 aliphatic heterocycles. The van der Waals surface area contributed by atoms with Crippen molar-refractivity contribution in [2.75, 3.05) is 41.0 Å². The molecule has 0 amide bonds. The molecule has 8 heteroatoms. The van der Waals surface area contributed by atoms with Crippen LogP contribution in [0, 0.1) is 0 Å². The summed E-state index contributed by atoms with van der Waals surface area (Å²) in [4.78, 5) is 35.0. The number of ether oxygens (including phenoxy) is 3. The Hall–Kier alpha value is -2.19. The zero-order valence-electron chi connectivity index (χ0n) is 30.2. The molecule has 0 aliphatic carbocycles. The normalized spacial score (nSPS) is 13.3. The number of allylic oxidation sites excluding steroid dienone is 4. The summed E-state index contributed by atoms with van der Waals surface area (Å²) in [5.74, 6) is -1.94. The average Bonchev–Trinajstić information content (AvgIpc) is 2.99. The smallest absolute Gasteiger partial charge is 0.306 e. The second-order valence-corrected chi connectivity index (χ2v) is 13.5. The molecule has 0 spiro atoms. The standard InChI is InChI=1S/C38H69NO7/c1-6-7-8-9-10-11-12-13-14-15-16-17-18-19-20-21-22-23-24-25-26-27-28-29-37(41)46-35(33-45-34(2)40)32-44-31-30-36(38(42)43)39(3,4)5/h12-13,15-16,35-36H,6-11,14,17-33H2,1-5H3/b13-12-,16-15-. The van der Waals surface area contributed by atoms with E-state index < -0.39 is 24.1 Å². The Morgan fingerprint density at radius 3 is 1.67 bits per heavy atom. The van der Waals surface area contributed by atoms with Crippen LogP contribution in [0.2, 0.25) is 0 Å². The predicted molar refractivity (Wildman–Crippen MR) is 185 cm³/mol. The zero-order valence-corrected chi connectivity index (χ0v) is 30.2. The van der Waals surface area contributed by atoms with Crippen LogP contribution in [0.5, 0.6) is 0 Å². The Bertz CT molecular complexity index is 818. The number of nitrogens with zero attached hydrogens (tertiary/aromatic N) is 1. The molecule has 0 aromatic rings. The third-order valence-corrected chi connectivity index (χ3v) is 8.15. The van der Waals surface area contributed by atoms with Crippen LogP contribution in [0.15, 0.2) is 24.3 Å². The Morgan fingerprint density at radius 2 is 1.20 bits per heavy atom. The number of aliphatic carboxylic acids is 1. The first-order valence-electron chi connectivity index (χ1n) is 18.3. The average molecular weight is 652 g/mol. The van der Waals surface area contributed by atoms with Gasteiger partial charge >= 0.3 is 11.9 Å². The second kappa shape index (κ2) is 30.2. The third-order valence-electron chi connectivity index (χ3n) is 8.15. The molecule has 0 saturated carbocycles. The summed E-state index contributed by atoms with van der Waals surface area (Å²) in [5.41, 5.74) is 0. The van der Waals surface area contributed by atoms with Crippen molar-refractivity contribution >= 4 is 17.9 Å². The van der Waals surface area contributed by atoms with Crippen LogP contribution < -0.4 is 5.11 Å². The summed E-state index contributed by atoms with van der Waals surface area (Å²) < 4.78 is 16.3. The van der Waals surface area contributed by atoms with Gasteiger partial charge in [0.2, 0.25) is 0 Å². The molecule has 0 N–H and O–H groups in total. The van der Waals surface area contributed by atoms with E-state index in [0.717, 1.165) is 25.7 Å². The number of esters is 2. The van der Waals surface area contributed by atoms with E-state index in [-0.39, 0.29) is 36.7 Å². The molecule has 268 valence electrons. The number of carboxylic acids is 1. The number of likely N-dealkylation sites (N-methyl/N-ethyl adjacent to an activating group) is 1. The van der Waals surface area contributed by atoms with Crippen LogP contribution in [0.4, 0.5) is 0 Å². The minimum atomic E-state index is -1.13. The summed E-state index contributed by atoms with van der Waals surface area (Å²) in [6.45, 7) is 3.66. The number of carboxylic acid groups (broad SMARTS) is 1. The molecule has 2 atom stereocenters. The summed E-state index contributed by atoms with van der Waals surface area (Å²) >= 11 is 0. The minimum Gasteiger partial charge on any atom is -0.544 e. The molecule has 0 heterocycles. The van der Waals surface area contributed by atoms with E-state index in [4.69, 9.17) is 14.2 Å². The maximum absolute atomic E-state index is 12.4. The number of quaternary nitrogens is 1. The lowest BCUT2D eigenvalue weighted by molar-refractivity contribution is -0.889. The first-order valence-corrected chi connectivity index (χ1v) is 18.3. The van der Waals surface area contributed by atoms with Crippen LogP contribution in [-0.2, 0) is 28.6 Å². The lowest BCUT2D eigenvalue weighted by atomic mass is 10.0. The highest BCUT2D eigenvalue weighted by Crippen LogP contribution is 2.14. The van der Waals surface area contributed by atoms with Crippen molar-refractivity contribution in [3.8, 4) is 0 Å². The maximum Gasteiger partial charge on any atom is 0.306 e. The monoisotopic (exact) mass is 652 g/mol. The van der Waals surface area contributed by atoms with Crippen molar-refractivity contribution in [3.05, 3.63) is 24.3 Å². The summed E-state index contributed by atoms with van der Waals surface area (Å²) in [5, 5.41) is 11.4. The Morgan fingerprint density at radius 1 is 0.696 bits per heavy atom. The molecule has 0 fully saturated rings. The topological polar surface area (TPSA) is 102 Å². The lowest BCUT2D eigenvalue weighted by Crippen LogP contribution is -2.55. The number of carbonyl (C=O) groups is 3. The Balaban J connectivity index is 3.79. The van der Waals surface area contributed by atoms with Gasteiger partial charge in [-0.2, -0.15) is 0 Å². The summed E-state index contributed by atoms with van der Waals surface area (Å²) in [6.07, 6.45) is 32.6. The zero-order chi connectivity index (χ0) is 34.3. The molecule has 0 rings (SSSR count). The minimum absolute atomic E-state index is 0.0319. The Kier molecular flexibility index (Phi) is 28.7. The van der Waals surface area contributed by atoms with E-state index in [1.165, 1.54) is 103 Å². The second-order valence-electron chi connectivity index (χ2n) is 13.5. The van der Waals surface area contributed by atoms with Gasteiger partial charge in [-0.3, -0.25) is 9.59 Å². The Labute approximate surface area is 281 Å². The first-order chi connectivity index (χ1) is 22.1. The van der Waals surface area contributed by atoms with E-state index in [1.807, 2.05) is 0 Å². The predicted octanol–water partition coefficient (Wildman–Crippen LogP) is 7.63. The number of carbonyl (C=O) groups excluding carboxylic acids is 3. The molecule has 0 bridgehead atoms. The summed E-state index contributed by atoms with van der Waals surface area (Å²) in [6, 6.07) is -0.718. The molecule has 0 radical (unpaired) electrons. The van der Waals surface area contributed by atoms with Gasteiger partial charge in [-0.15, -0.1) is 0 Å². The molecule has 0 aliphatic rings. The van der Waals surface area contributed by atoms with Crippen molar-refractivity contribution < 1.29 is 38.2 Å². The van der Waals surface area contributed by atoms with Crippen molar-refractivity contribution in [2.45, 2.75) is 161 Å². The number of rotatable bonds is 32. The SMILES string of the molecule is CCCCCCC/C=C\C/C=C\CCCCCCCCCCCCCC(=O)OC(COCCC(C(=O)[O-])[N+](C)(C)C)COC(C)=O. The fourth-order valence-corrected chi connectivity index (χ4v) is 5.30. The quantitative estimate of drug-likeness (QED) is 0.0319. The number of hydrogen-bond donors (Lipinski definition) is 0. The van der Waals surface area contributed by atoms with E-state index in [0.29, 0.717) is 6.42 Å². The van der Waals surface area contributed by atoms with Gasteiger partial charge in [-0.05, 0) is 38.5 Å². The van der Waals surface area contributed by atoms with Crippen molar-refractivity contribution in [3.63, 3.8) is 0 Å². The van der Waals surface area contributed by atoms with Crippen LogP contribution in [-0.4, -0.2) is 75.5 Å². The van der Waals surface area contributed by atoms with E-state index in [2.05, 4.69) is 31.2 Å². The van der Waals surface area contributed by atoms with E-state index >= 15 is 0 Å². The first kappa shape index (κ1) is 43.8. The molecule has 0 saturated heterocycles. The van der Waals surface area contributed by atoms with Gasteiger partial charge < -0.3 is 28.6 Å². The fourth-order valence-electron chi connectivity index (χ4n) is 5.30. The van der Waals surface area contributed by atoms with Crippen LogP contribution in [0.3, 0.4) is 0 Å². The van der Waals surface area contributed by atoms with Gasteiger partial charge in [0.05, 0.1) is 40.3 Å². The van der Waals surface area contributed by atoms with E-state index in [9.17, 15) is 19.5 Å². The van der Waals surface area contributed by atoms with Gasteiger partial charge in [-0.1, -0.05) is 115 Å². The molecule has 46 heavy (non-hydrogen) atoms. The maximum atomic E-state index is 12.4. The molecule has 2 unspecified atom stereocenters. The molecule has 8 nitrogen and oxygen atoms in total. The molecule has 0 aromatic heterocycles. The highest BCUT2D eigenvalue weighted by molar-refractivity contribution is 5.70. The number of hydrogen-bond acceptors (Lipinski definition) is 7. The molecule has 0 aromatic carbocycles. The number of unbranched alkanes of at least 4 members (excludes halogenated alkanes) is 16. The van der Waals surface area contributed by atoms with Gasteiger partial charge in [-0.25, -0.2) is 0 Å². The van der Waals surface area contributed by atoms with Gasteiger partial charge in [0.25, 0.3) is 0 Å². The van der Waals surface area contributed by atoms with Crippen molar-refractivity contribution in [1.82, 2.24) is 0 Å². The fraction of sp³-hybridized carbons (Fsp3) is 0.816. The highest BCUT2D eigenvalue weighted by Gasteiger charge is 2.25. The molecular formula is C38H69NO7. The third kappa shape index (κ3) is 29.2. The van der Waals surface area contributed by atoms with Crippen molar-refractivity contribution in [1.29, 1.82) is 0 Å². The van der Waals surface area contributed by atoms with Crippen LogP contribution in [0.1, 0.15) is 149 Å². The van der Waals surface area contributed by atoms with Crippen LogP contribution in [0.25, 0.3) is 0 Å². The van der Waals surface area contributed by atoms with Gasteiger partial charge in [0.15, 0.2) is 6.10 Å². The largest absolute Gasteiger partial charge is 0.544 e. The summed E-state index contributed by atoms with van der Waals surface area (Å²) in [7, 11) is 5.35. The van der Waals surface area contributed by atoms with Crippen LogP contribution >= 0.6 is 0 Å². The van der Waals surface area contributed by atoms with Gasteiger partial charge in [0.1, 0.15) is 12.6 Å². The van der Waals surface area contributed by atoms with Gasteiger partial charge in [0, 0.05) is 19.8 Å². The van der Waals surface area contributed by atoms with Crippen molar-refractivity contribution in [2.24, 2.45) is 0 Å².